The summed E-state index contributed by atoms with van der Waals surface area (Å²) >= 11 is 4.32. The van der Waals surface area contributed by atoms with Gasteiger partial charge in [-0.1, -0.05) is 23.9 Å². The Bertz CT molecular complexity index is 1340. The van der Waals surface area contributed by atoms with Gasteiger partial charge in [0, 0.05) is 47.8 Å². The van der Waals surface area contributed by atoms with Gasteiger partial charge in [0.15, 0.2) is 5.16 Å². The molecule has 6 nitrogen and oxygen atoms in total. The van der Waals surface area contributed by atoms with Gasteiger partial charge in [0.25, 0.3) is 5.56 Å². The molecule has 3 aromatic heterocycles. The average molecular weight is 497 g/mol. The second kappa shape index (κ2) is 9.94. The number of allylic oxidation sites excluding steroid dienone is 1. The first-order valence-corrected chi connectivity index (χ1v) is 12.9. The van der Waals surface area contributed by atoms with Gasteiger partial charge in [-0.05, 0) is 42.6 Å². The molecule has 0 fully saturated rings. The second-order valence-electron chi connectivity index (χ2n) is 7.60. The first kappa shape index (κ1) is 23.3. The largest absolute Gasteiger partial charge is 0.378 e. The van der Waals surface area contributed by atoms with Crippen LogP contribution in [-0.4, -0.2) is 34.8 Å². The summed E-state index contributed by atoms with van der Waals surface area (Å²) < 4.78 is 1.60. The minimum Gasteiger partial charge on any atom is -0.378 e. The number of hydrogen-bond donors (Lipinski definition) is 1. The molecule has 0 saturated heterocycles. The highest BCUT2D eigenvalue weighted by Crippen LogP contribution is 2.35. The predicted octanol–water partition coefficient (Wildman–Crippen LogP) is 5.56. The molecular weight excluding hydrogens is 472 g/mol. The standard InChI is InChI=1S/C24H24N4O2S3/c1-5-12-28-23(30)20-18(19-7-6-13-31-19)14-32-22(20)26-24(28)33-15(2)21(29)25-16-8-10-17(11-9-16)27(3)4/h5-11,13-15H,1,12H2,2-4H3,(H,25,29). The van der Waals surface area contributed by atoms with E-state index in [1.54, 1.807) is 22.0 Å². The third-order valence-corrected chi connectivity index (χ3v) is 7.93. The summed E-state index contributed by atoms with van der Waals surface area (Å²) in [6.07, 6.45) is 1.67. The molecule has 0 saturated carbocycles. The van der Waals surface area contributed by atoms with Gasteiger partial charge in [-0.15, -0.1) is 29.3 Å². The summed E-state index contributed by atoms with van der Waals surface area (Å²) in [4.78, 5) is 34.7. The Balaban J connectivity index is 1.60. The first-order chi connectivity index (χ1) is 15.9. The molecule has 1 N–H and O–H groups in total. The number of thiophene rings is 2. The van der Waals surface area contributed by atoms with Crippen molar-refractivity contribution in [3.63, 3.8) is 0 Å². The van der Waals surface area contributed by atoms with Crippen molar-refractivity contribution in [3.8, 4) is 10.4 Å². The molecule has 1 atom stereocenters. The number of amides is 1. The van der Waals surface area contributed by atoms with Crippen LogP contribution in [0, 0.1) is 0 Å². The van der Waals surface area contributed by atoms with Crippen LogP contribution in [0.25, 0.3) is 20.7 Å². The number of rotatable bonds is 8. The fraction of sp³-hybridized carbons (Fsp3) is 0.208. The molecule has 0 aliphatic heterocycles. The Kier molecular flexibility index (Phi) is 7.02. The van der Waals surface area contributed by atoms with Crippen molar-refractivity contribution in [2.45, 2.75) is 23.9 Å². The van der Waals surface area contributed by atoms with Gasteiger partial charge in [0.1, 0.15) is 4.83 Å². The Hall–Kier alpha value is -2.88. The molecule has 4 rings (SSSR count). The zero-order valence-electron chi connectivity index (χ0n) is 18.6. The van der Waals surface area contributed by atoms with Gasteiger partial charge in [0.05, 0.1) is 10.6 Å². The van der Waals surface area contributed by atoms with Gasteiger partial charge in [-0.2, -0.15) is 0 Å². The molecule has 3 heterocycles. The summed E-state index contributed by atoms with van der Waals surface area (Å²) in [5.74, 6) is -0.150. The third-order valence-electron chi connectivity index (χ3n) is 5.06. The molecule has 1 unspecified atom stereocenters. The zero-order chi connectivity index (χ0) is 23.5. The fourth-order valence-corrected chi connectivity index (χ4v) is 6.02. The lowest BCUT2D eigenvalue weighted by Gasteiger charge is -2.16. The molecule has 9 heteroatoms. The van der Waals surface area contributed by atoms with Crippen LogP contribution in [0.1, 0.15) is 6.92 Å². The van der Waals surface area contributed by atoms with Gasteiger partial charge in [0.2, 0.25) is 5.91 Å². The van der Waals surface area contributed by atoms with E-state index in [0.29, 0.717) is 21.9 Å². The van der Waals surface area contributed by atoms with Crippen LogP contribution < -0.4 is 15.8 Å². The Morgan fingerprint density at radius 1 is 1.27 bits per heavy atom. The van der Waals surface area contributed by atoms with Crippen LogP contribution in [-0.2, 0) is 11.3 Å². The Morgan fingerprint density at radius 3 is 2.67 bits per heavy atom. The van der Waals surface area contributed by atoms with E-state index in [1.807, 2.05) is 73.1 Å². The van der Waals surface area contributed by atoms with E-state index >= 15 is 0 Å². The third kappa shape index (κ3) is 4.90. The highest BCUT2D eigenvalue weighted by Gasteiger charge is 2.22. The van der Waals surface area contributed by atoms with Crippen molar-refractivity contribution >= 4 is 61.9 Å². The maximum absolute atomic E-state index is 13.4. The summed E-state index contributed by atoms with van der Waals surface area (Å²) in [7, 11) is 3.94. The summed E-state index contributed by atoms with van der Waals surface area (Å²) in [5, 5.41) is 7.60. The number of anilines is 2. The number of fused-ring (bicyclic) bond motifs is 1. The summed E-state index contributed by atoms with van der Waals surface area (Å²) in [5.41, 5.74) is 2.57. The monoisotopic (exact) mass is 496 g/mol. The smallest absolute Gasteiger partial charge is 0.263 e. The molecule has 1 aromatic carbocycles. The fourth-order valence-electron chi connectivity index (χ4n) is 3.30. The molecule has 0 radical (unpaired) electrons. The van der Waals surface area contributed by atoms with Gasteiger partial charge in [-0.3, -0.25) is 14.2 Å². The Labute approximate surface area is 204 Å². The van der Waals surface area contributed by atoms with Gasteiger partial charge >= 0.3 is 0 Å². The quantitative estimate of drug-likeness (QED) is 0.197. The average Bonchev–Trinajstić information content (AvgIpc) is 3.46. The molecule has 0 aliphatic rings. The number of carbonyl (C=O) groups excluding carboxylic acids is 1. The molecular formula is C24H24N4O2S3. The molecule has 0 spiro atoms. The lowest BCUT2D eigenvalue weighted by molar-refractivity contribution is -0.115. The van der Waals surface area contributed by atoms with E-state index < -0.39 is 5.25 Å². The number of benzene rings is 1. The molecule has 4 aromatic rings. The number of nitrogens with one attached hydrogen (secondary N) is 1. The maximum Gasteiger partial charge on any atom is 0.263 e. The van der Waals surface area contributed by atoms with Crippen LogP contribution >= 0.6 is 34.4 Å². The van der Waals surface area contributed by atoms with E-state index in [9.17, 15) is 9.59 Å². The molecule has 0 aliphatic carbocycles. The van der Waals surface area contributed by atoms with Crippen molar-refractivity contribution in [3.05, 3.63) is 70.2 Å². The minimum absolute atomic E-state index is 0.112. The second-order valence-corrected chi connectivity index (χ2v) is 10.7. The van der Waals surface area contributed by atoms with Crippen molar-refractivity contribution < 1.29 is 4.79 Å². The summed E-state index contributed by atoms with van der Waals surface area (Å²) in [6.45, 7) is 5.93. The van der Waals surface area contributed by atoms with Gasteiger partial charge < -0.3 is 10.2 Å². The molecule has 1 amide bonds. The van der Waals surface area contributed by atoms with Crippen molar-refractivity contribution in [2.75, 3.05) is 24.3 Å². The van der Waals surface area contributed by atoms with Crippen molar-refractivity contribution in [1.82, 2.24) is 9.55 Å². The summed E-state index contributed by atoms with van der Waals surface area (Å²) in [6, 6.07) is 11.6. The number of nitrogens with zero attached hydrogens (tertiary/aromatic N) is 3. The number of aromatic nitrogens is 2. The lowest BCUT2D eigenvalue weighted by Crippen LogP contribution is -2.26. The van der Waals surface area contributed by atoms with E-state index in [2.05, 4.69) is 11.9 Å². The van der Waals surface area contributed by atoms with E-state index in [4.69, 9.17) is 4.98 Å². The van der Waals surface area contributed by atoms with E-state index in [0.717, 1.165) is 21.8 Å². The number of hydrogen-bond acceptors (Lipinski definition) is 7. The zero-order valence-corrected chi connectivity index (χ0v) is 21.0. The molecule has 33 heavy (non-hydrogen) atoms. The van der Waals surface area contributed by atoms with Crippen LogP contribution in [0.5, 0.6) is 0 Å². The van der Waals surface area contributed by atoms with Crippen molar-refractivity contribution in [1.29, 1.82) is 0 Å². The topological polar surface area (TPSA) is 67.2 Å². The molecule has 0 bridgehead atoms. The van der Waals surface area contributed by atoms with E-state index in [1.165, 1.54) is 23.1 Å². The number of carbonyl (C=O) groups is 1. The first-order valence-electron chi connectivity index (χ1n) is 10.3. The highest BCUT2D eigenvalue weighted by atomic mass is 32.2. The van der Waals surface area contributed by atoms with Gasteiger partial charge in [-0.25, -0.2) is 4.98 Å². The van der Waals surface area contributed by atoms with Crippen LogP contribution in [0.3, 0.4) is 0 Å². The Morgan fingerprint density at radius 2 is 2.03 bits per heavy atom. The van der Waals surface area contributed by atoms with Crippen molar-refractivity contribution in [2.24, 2.45) is 0 Å². The predicted molar refractivity (Wildman–Crippen MR) is 142 cm³/mol. The SMILES string of the molecule is C=CCn1c(SC(C)C(=O)Nc2ccc(N(C)C)cc2)nc2scc(-c3cccs3)c2c1=O. The normalized spacial score (nSPS) is 12.0. The number of thioether (sulfide) groups is 1. The molecule has 170 valence electrons. The lowest BCUT2D eigenvalue weighted by atomic mass is 10.2. The maximum atomic E-state index is 13.4. The van der Waals surface area contributed by atoms with Crippen LogP contribution in [0.15, 0.2) is 69.8 Å². The van der Waals surface area contributed by atoms with E-state index in [-0.39, 0.29) is 11.5 Å². The highest BCUT2D eigenvalue weighted by molar-refractivity contribution is 8.00. The minimum atomic E-state index is -0.448. The van der Waals surface area contributed by atoms with Crippen LogP contribution in [0.2, 0.25) is 0 Å². The van der Waals surface area contributed by atoms with Crippen LogP contribution in [0.4, 0.5) is 11.4 Å².